The average molecular weight is 506 g/mol. The fourth-order valence-electron chi connectivity index (χ4n) is 5.27. The summed E-state index contributed by atoms with van der Waals surface area (Å²) < 4.78 is 22.7. The Bertz CT molecular complexity index is 1450. The normalized spacial score (nSPS) is 23.0. The number of amides is 4. The Balaban J connectivity index is 1.04. The molecule has 2 fully saturated rings. The lowest BCUT2D eigenvalue weighted by Crippen LogP contribution is -2.52. The van der Waals surface area contributed by atoms with Crippen LogP contribution in [0.1, 0.15) is 53.2 Å². The van der Waals surface area contributed by atoms with E-state index in [-0.39, 0.29) is 55.1 Å². The number of benzene rings is 2. The van der Waals surface area contributed by atoms with Crippen LogP contribution >= 0.6 is 0 Å². The van der Waals surface area contributed by atoms with Crippen LogP contribution in [-0.2, 0) is 27.4 Å². The van der Waals surface area contributed by atoms with Gasteiger partial charge in [-0.15, -0.1) is 0 Å². The molecule has 0 radical (unpaired) electrons. The van der Waals surface area contributed by atoms with Gasteiger partial charge in [-0.1, -0.05) is 30.3 Å². The number of ether oxygens (including phenoxy) is 1. The zero-order chi connectivity index (χ0) is 25.7. The molecule has 4 amide bonds. The number of halogens is 1. The maximum atomic E-state index is 15.2. The van der Waals surface area contributed by atoms with E-state index in [2.05, 4.69) is 15.7 Å². The summed E-state index contributed by atoms with van der Waals surface area (Å²) in [6.45, 7) is -0.0644. The predicted molar refractivity (Wildman–Crippen MR) is 128 cm³/mol. The van der Waals surface area contributed by atoms with Crippen LogP contribution in [-0.4, -0.2) is 50.6 Å². The van der Waals surface area contributed by atoms with Crippen LogP contribution in [0.25, 0.3) is 10.9 Å². The summed E-state index contributed by atoms with van der Waals surface area (Å²) in [5, 5.41) is 10.3. The zero-order valence-corrected chi connectivity index (χ0v) is 19.8. The molecule has 1 saturated heterocycles. The van der Waals surface area contributed by atoms with Gasteiger partial charge in [0, 0.05) is 43.3 Å². The molecule has 1 atom stereocenters. The van der Waals surface area contributed by atoms with Gasteiger partial charge in [0.25, 0.3) is 5.91 Å². The molecule has 0 bridgehead atoms. The van der Waals surface area contributed by atoms with Crippen LogP contribution in [0.2, 0.25) is 0 Å². The van der Waals surface area contributed by atoms with E-state index in [0.717, 1.165) is 10.9 Å². The molecular weight excluding hydrogens is 481 g/mol. The maximum Gasteiger partial charge on any atom is 0.407 e. The van der Waals surface area contributed by atoms with Crippen LogP contribution < -0.4 is 10.6 Å². The average Bonchev–Trinajstić information content (AvgIpc) is 3.42. The molecule has 37 heavy (non-hydrogen) atoms. The van der Waals surface area contributed by atoms with Gasteiger partial charge >= 0.3 is 6.09 Å². The van der Waals surface area contributed by atoms with Crippen molar-refractivity contribution in [3.63, 3.8) is 0 Å². The van der Waals surface area contributed by atoms with E-state index >= 15 is 4.39 Å². The van der Waals surface area contributed by atoms with Gasteiger partial charge in [-0.25, -0.2) is 9.18 Å². The van der Waals surface area contributed by atoms with Crippen molar-refractivity contribution in [3.8, 4) is 0 Å². The highest BCUT2D eigenvalue weighted by Gasteiger charge is 2.41. The van der Waals surface area contributed by atoms with Crippen molar-refractivity contribution in [2.24, 2.45) is 0 Å². The summed E-state index contributed by atoms with van der Waals surface area (Å²) in [7, 11) is 0. The fraction of sp³-hybridized carbons (Fsp3) is 0.346. The number of imide groups is 1. The number of aromatic nitrogens is 2. The second kappa shape index (κ2) is 8.99. The fourth-order valence-corrected chi connectivity index (χ4v) is 5.27. The van der Waals surface area contributed by atoms with E-state index in [1.165, 1.54) is 11.0 Å². The van der Waals surface area contributed by atoms with Crippen molar-refractivity contribution >= 4 is 34.7 Å². The van der Waals surface area contributed by atoms with E-state index in [9.17, 15) is 19.2 Å². The number of carbonyl (C=O) groups excluding carboxylic acids is 4. The van der Waals surface area contributed by atoms with Crippen molar-refractivity contribution in [1.29, 1.82) is 0 Å². The van der Waals surface area contributed by atoms with Crippen LogP contribution in [0.15, 0.2) is 42.6 Å². The lowest BCUT2D eigenvalue weighted by Gasteiger charge is -2.35. The molecule has 0 spiro atoms. The van der Waals surface area contributed by atoms with Crippen LogP contribution in [0.5, 0.6) is 0 Å². The maximum absolute atomic E-state index is 15.2. The van der Waals surface area contributed by atoms with Gasteiger partial charge in [0.1, 0.15) is 18.0 Å². The number of para-hydroxylation sites is 1. The first kappa shape index (κ1) is 23.1. The smallest absolute Gasteiger partial charge is 0.407 e. The first-order valence-corrected chi connectivity index (χ1v) is 12.2. The van der Waals surface area contributed by atoms with Gasteiger partial charge in [-0.2, -0.15) is 5.10 Å². The summed E-state index contributed by atoms with van der Waals surface area (Å²) in [6.07, 6.45) is 2.48. The first-order chi connectivity index (χ1) is 17.9. The monoisotopic (exact) mass is 505 g/mol. The molecule has 3 aliphatic rings. The minimum atomic E-state index is -0.820. The minimum absolute atomic E-state index is 0.0848. The number of hydrogen-bond donors (Lipinski definition) is 2. The summed E-state index contributed by atoms with van der Waals surface area (Å²) >= 11 is 0. The topological polar surface area (TPSA) is 123 Å². The van der Waals surface area contributed by atoms with E-state index in [4.69, 9.17) is 4.74 Å². The predicted octanol–water partition coefficient (Wildman–Crippen LogP) is 2.57. The Morgan fingerprint density at radius 2 is 1.97 bits per heavy atom. The molecule has 2 aliphatic heterocycles. The molecule has 1 saturated carbocycles. The summed E-state index contributed by atoms with van der Waals surface area (Å²) in [4.78, 5) is 50.2. The Hall–Kier alpha value is -4.28. The quantitative estimate of drug-likeness (QED) is 0.514. The number of carbonyl (C=O) groups is 4. The van der Waals surface area contributed by atoms with Gasteiger partial charge < -0.3 is 15.0 Å². The van der Waals surface area contributed by atoms with E-state index in [1.807, 2.05) is 35.1 Å². The largest absolute Gasteiger partial charge is 0.446 e. The second-order valence-electron chi connectivity index (χ2n) is 9.63. The Labute approximate surface area is 210 Å². The highest BCUT2D eigenvalue weighted by atomic mass is 19.1. The first-order valence-electron chi connectivity index (χ1n) is 12.2. The standard InChI is InChI=1S/C26H24FN5O5/c27-23-15(5-6-16-13-31(25(35)22(16)23)20-7-8-21(33)30-24(20)34)11-28-26(36)37-18-9-17(10-18)32-19-4-2-1-3-14(19)12-29-32/h1-6,12,17-18,20H,7-11,13H2,(H,28,36)(H,30,33,34)/t17?,18?,20-/m1/s1. The molecule has 190 valence electrons. The Morgan fingerprint density at radius 1 is 1.16 bits per heavy atom. The molecule has 2 N–H and O–H groups in total. The van der Waals surface area contributed by atoms with Gasteiger partial charge in [0.2, 0.25) is 11.8 Å². The third-order valence-electron chi connectivity index (χ3n) is 7.33. The number of nitrogens with zero attached hydrogens (tertiary/aromatic N) is 3. The van der Waals surface area contributed by atoms with Gasteiger partial charge in [0.05, 0.1) is 23.3 Å². The summed E-state index contributed by atoms with van der Waals surface area (Å²) in [6, 6.07) is 10.4. The number of alkyl carbamates (subject to hydrolysis) is 1. The van der Waals surface area contributed by atoms with Crippen molar-refractivity contribution in [2.75, 3.05) is 0 Å². The van der Waals surface area contributed by atoms with Gasteiger partial charge in [-0.3, -0.25) is 24.4 Å². The zero-order valence-electron chi connectivity index (χ0n) is 19.8. The minimum Gasteiger partial charge on any atom is -0.446 e. The van der Waals surface area contributed by atoms with Crippen LogP contribution in [0.4, 0.5) is 9.18 Å². The Kier molecular flexibility index (Phi) is 5.62. The van der Waals surface area contributed by atoms with Crippen molar-refractivity contribution in [1.82, 2.24) is 25.3 Å². The molecular formula is C26H24FN5O5. The molecule has 1 aliphatic carbocycles. The molecule has 6 rings (SSSR count). The highest BCUT2D eigenvalue weighted by Crippen LogP contribution is 2.36. The van der Waals surface area contributed by atoms with Crippen LogP contribution in [0, 0.1) is 5.82 Å². The highest BCUT2D eigenvalue weighted by molar-refractivity contribution is 6.05. The number of nitrogens with one attached hydrogen (secondary N) is 2. The second-order valence-corrected chi connectivity index (χ2v) is 9.63. The molecule has 2 aromatic carbocycles. The molecule has 0 unspecified atom stereocenters. The Morgan fingerprint density at radius 3 is 2.78 bits per heavy atom. The molecule has 3 aromatic rings. The molecule has 1 aromatic heterocycles. The van der Waals surface area contributed by atoms with Crippen molar-refractivity contribution < 1.29 is 28.3 Å². The lowest BCUT2D eigenvalue weighted by molar-refractivity contribution is -0.136. The molecule has 3 heterocycles. The van der Waals surface area contributed by atoms with Crippen LogP contribution in [0.3, 0.4) is 0 Å². The van der Waals surface area contributed by atoms with Gasteiger partial charge in [-0.05, 0) is 18.1 Å². The third-order valence-corrected chi connectivity index (χ3v) is 7.33. The molecule has 10 nitrogen and oxygen atoms in total. The number of fused-ring (bicyclic) bond motifs is 2. The SMILES string of the molecule is O=C1CC[C@@H](N2Cc3ccc(CNC(=O)OC4CC(n5ncc6ccccc65)C4)c(F)c3C2=O)C(=O)N1. The van der Waals surface area contributed by atoms with E-state index in [0.29, 0.717) is 18.4 Å². The number of rotatable bonds is 5. The third kappa shape index (κ3) is 4.09. The van der Waals surface area contributed by atoms with Crippen molar-refractivity contribution in [2.45, 2.75) is 57.0 Å². The lowest BCUT2D eigenvalue weighted by atomic mass is 9.89. The number of piperidine rings is 1. The van der Waals surface area contributed by atoms with Crippen molar-refractivity contribution in [3.05, 3.63) is 65.1 Å². The van der Waals surface area contributed by atoms with E-state index < -0.39 is 29.8 Å². The summed E-state index contributed by atoms with van der Waals surface area (Å²) in [5.41, 5.74) is 1.53. The number of hydrogen-bond acceptors (Lipinski definition) is 6. The van der Waals surface area contributed by atoms with Gasteiger partial charge in [0.15, 0.2) is 0 Å². The van der Waals surface area contributed by atoms with E-state index in [1.54, 1.807) is 6.07 Å². The summed E-state index contributed by atoms with van der Waals surface area (Å²) in [5.74, 6) is -2.27. The molecule has 11 heteroatoms.